The molecule has 0 saturated carbocycles. The highest BCUT2D eigenvalue weighted by Gasteiger charge is 2.12. The predicted molar refractivity (Wildman–Crippen MR) is 72.4 cm³/mol. The Balaban J connectivity index is 0.00000108. The fourth-order valence-corrected chi connectivity index (χ4v) is 2.14. The molecular weight excluding hydrogens is 236 g/mol. The summed E-state index contributed by atoms with van der Waals surface area (Å²) in [5.41, 5.74) is 9.62. The Hall–Kier alpha value is -1.81. The summed E-state index contributed by atoms with van der Waals surface area (Å²) >= 11 is 0. The smallest absolute Gasteiger partial charge is 0.160 e. The minimum Gasteiger partial charge on any atom is -0.398 e. The van der Waals surface area contributed by atoms with Gasteiger partial charge in [-0.3, -0.25) is 4.68 Å². The van der Waals surface area contributed by atoms with Gasteiger partial charge >= 0.3 is 0 Å². The van der Waals surface area contributed by atoms with Gasteiger partial charge in [-0.25, -0.2) is 4.98 Å². The molecule has 0 atom stereocenters. The van der Waals surface area contributed by atoms with E-state index in [1.165, 1.54) is 0 Å². The molecular formula is C12H13ClN4. The number of nitrogen functional groups attached to an aromatic ring is 1. The molecule has 3 aromatic rings. The molecule has 0 radical (unpaired) electrons. The van der Waals surface area contributed by atoms with Crippen molar-refractivity contribution in [1.29, 1.82) is 0 Å². The molecule has 0 aliphatic rings. The lowest BCUT2D eigenvalue weighted by Gasteiger charge is -2.03. The van der Waals surface area contributed by atoms with E-state index in [1.54, 1.807) is 4.68 Å². The molecule has 0 saturated heterocycles. The van der Waals surface area contributed by atoms with Crippen molar-refractivity contribution < 1.29 is 0 Å². The van der Waals surface area contributed by atoms with Crippen LogP contribution < -0.4 is 5.73 Å². The van der Waals surface area contributed by atoms with Crippen molar-refractivity contribution in [3.8, 4) is 0 Å². The number of para-hydroxylation sites is 1. The van der Waals surface area contributed by atoms with Crippen molar-refractivity contribution in [3.63, 3.8) is 0 Å². The number of fused-ring (bicyclic) bond motifs is 2. The van der Waals surface area contributed by atoms with Gasteiger partial charge in [0, 0.05) is 12.4 Å². The van der Waals surface area contributed by atoms with Crippen molar-refractivity contribution in [2.24, 2.45) is 7.05 Å². The van der Waals surface area contributed by atoms with Gasteiger partial charge in [0.15, 0.2) is 5.65 Å². The third kappa shape index (κ3) is 1.52. The summed E-state index contributed by atoms with van der Waals surface area (Å²) in [5.74, 6) is 0. The van der Waals surface area contributed by atoms with Crippen molar-refractivity contribution in [3.05, 3.63) is 30.0 Å². The van der Waals surface area contributed by atoms with Gasteiger partial charge < -0.3 is 5.73 Å². The minimum atomic E-state index is 0. The number of aromatic nitrogens is 3. The molecule has 0 amide bonds. The first-order chi connectivity index (χ1) is 7.68. The summed E-state index contributed by atoms with van der Waals surface area (Å²) in [7, 11) is 1.89. The number of nitrogens with zero attached hydrogens (tertiary/aromatic N) is 3. The van der Waals surface area contributed by atoms with Crippen LogP contribution in [0.25, 0.3) is 21.9 Å². The van der Waals surface area contributed by atoms with Crippen LogP contribution in [0.1, 0.15) is 5.69 Å². The van der Waals surface area contributed by atoms with E-state index in [0.717, 1.165) is 33.3 Å². The van der Waals surface area contributed by atoms with E-state index >= 15 is 0 Å². The van der Waals surface area contributed by atoms with Gasteiger partial charge in [-0.05, 0) is 13.0 Å². The first kappa shape index (κ1) is 11.7. The molecule has 3 rings (SSSR count). The standard InChI is InChI=1S/C12H12N4.ClH/c1-7-10-11(13)8-5-3-4-6-9(8)14-12(10)16(2)15-7;/h3-6H,1-2H3,(H2,13,14);1H. The van der Waals surface area contributed by atoms with Crippen molar-refractivity contribution in [2.45, 2.75) is 6.92 Å². The summed E-state index contributed by atoms with van der Waals surface area (Å²) in [6.45, 7) is 1.95. The van der Waals surface area contributed by atoms with Crippen molar-refractivity contribution in [1.82, 2.24) is 14.8 Å². The number of halogens is 1. The maximum Gasteiger partial charge on any atom is 0.160 e. The molecule has 0 spiro atoms. The molecule has 2 aromatic heterocycles. The summed E-state index contributed by atoms with van der Waals surface area (Å²) < 4.78 is 1.77. The van der Waals surface area contributed by atoms with Gasteiger partial charge in [-0.1, -0.05) is 18.2 Å². The Bertz CT molecular complexity index is 702. The maximum absolute atomic E-state index is 6.18. The third-order valence-electron chi connectivity index (χ3n) is 2.88. The summed E-state index contributed by atoms with van der Waals surface area (Å²) in [4.78, 5) is 4.58. The summed E-state index contributed by atoms with van der Waals surface area (Å²) in [6, 6.07) is 7.89. The molecule has 2 N–H and O–H groups in total. The second-order valence-corrected chi connectivity index (χ2v) is 3.95. The number of hydrogen-bond acceptors (Lipinski definition) is 3. The number of anilines is 1. The van der Waals surface area contributed by atoms with Crippen LogP contribution in [0, 0.1) is 6.92 Å². The number of benzene rings is 1. The van der Waals surface area contributed by atoms with Gasteiger partial charge in [0.05, 0.1) is 22.3 Å². The van der Waals surface area contributed by atoms with Crippen molar-refractivity contribution >= 4 is 40.0 Å². The molecule has 88 valence electrons. The lowest BCUT2D eigenvalue weighted by Crippen LogP contribution is -1.95. The summed E-state index contributed by atoms with van der Waals surface area (Å²) in [5, 5.41) is 6.30. The Morgan fingerprint density at radius 2 is 1.94 bits per heavy atom. The quantitative estimate of drug-likeness (QED) is 0.665. The van der Waals surface area contributed by atoms with Crippen LogP contribution in [-0.4, -0.2) is 14.8 Å². The van der Waals surface area contributed by atoms with Gasteiger partial charge in [0.1, 0.15) is 0 Å². The maximum atomic E-state index is 6.18. The Labute approximate surface area is 105 Å². The molecule has 1 aromatic carbocycles. The van der Waals surface area contributed by atoms with E-state index in [2.05, 4.69) is 10.1 Å². The molecule has 0 aliphatic carbocycles. The monoisotopic (exact) mass is 248 g/mol. The number of aryl methyl sites for hydroxylation is 2. The van der Waals surface area contributed by atoms with Crippen molar-refractivity contribution in [2.75, 3.05) is 5.73 Å². The lowest BCUT2D eigenvalue weighted by molar-refractivity contribution is 0.775. The molecule has 0 bridgehead atoms. The van der Waals surface area contributed by atoms with E-state index < -0.39 is 0 Å². The van der Waals surface area contributed by atoms with E-state index in [4.69, 9.17) is 5.73 Å². The highest BCUT2D eigenvalue weighted by atomic mass is 35.5. The Morgan fingerprint density at radius 1 is 1.24 bits per heavy atom. The van der Waals surface area contributed by atoms with Gasteiger partial charge in [0.25, 0.3) is 0 Å². The SMILES string of the molecule is Cc1nn(C)c2nc3ccccc3c(N)c12.Cl. The van der Waals surface area contributed by atoms with E-state index in [-0.39, 0.29) is 12.4 Å². The van der Waals surface area contributed by atoms with Gasteiger partial charge in [-0.2, -0.15) is 5.10 Å². The van der Waals surface area contributed by atoms with E-state index in [0.29, 0.717) is 0 Å². The highest BCUT2D eigenvalue weighted by molar-refractivity contribution is 6.06. The molecule has 0 fully saturated rings. The fraction of sp³-hybridized carbons (Fsp3) is 0.167. The number of rotatable bonds is 0. The second-order valence-electron chi connectivity index (χ2n) is 3.95. The van der Waals surface area contributed by atoms with Crippen LogP contribution >= 0.6 is 12.4 Å². The first-order valence-corrected chi connectivity index (χ1v) is 5.16. The summed E-state index contributed by atoms with van der Waals surface area (Å²) in [6.07, 6.45) is 0. The molecule has 2 heterocycles. The Morgan fingerprint density at radius 3 is 2.71 bits per heavy atom. The number of nitrogens with two attached hydrogens (primary N) is 1. The van der Waals surface area contributed by atoms with E-state index in [1.807, 2.05) is 38.2 Å². The molecule has 0 aliphatic heterocycles. The highest BCUT2D eigenvalue weighted by Crippen LogP contribution is 2.29. The van der Waals surface area contributed by atoms with Crippen LogP contribution in [0.4, 0.5) is 5.69 Å². The minimum absolute atomic E-state index is 0. The number of pyridine rings is 1. The van der Waals surface area contributed by atoms with Gasteiger partial charge in [0.2, 0.25) is 0 Å². The average molecular weight is 249 g/mol. The van der Waals surface area contributed by atoms with Crippen LogP contribution in [0.5, 0.6) is 0 Å². The third-order valence-corrected chi connectivity index (χ3v) is 2.88. The average Bonchev–Trinajstić information content (AvgIpc) is 2.55. The second kappa shape index (κ2) is 3.89. The predicted octanol–water partition coefficient (Wildman–Crippen LogP) is 2.43. The van der Waals surface area contributed by atoms with Crippen LogP contribution in [0.15, 0.2) is 24.3 Å². The zero-order valence-electron chi connectivity index (χ0n) is 9.64. The van der Waals surface area contributed by atoms with Crippen LogP contribution in [0.2, 0.25) is 0 Å². The van der Waals surface area contributed by atoms with Crippen LogP contribution in [-0.2, 0) is 7.05 Å². The molecule has 17 heavy (non-hydrogen) atoms. The number of hydrogen-bond donors (Lipinski definition) is 1. The van der Waals surface area contributed by atoms with Crippen LogP contribution in [0.3, 0.4) is 0 Å². The Kier molecular flexibility index (Phi) is 2.67. The topological polar surface area (TPSA) is 56.7 Å². The molecule has 5 heteroatoms. The largest absolute Gasteiger partial charge is 0.398 e. The van der Waals surface area contributed by atoms with Gasteiger partial charge in [-0.15, -0.1) is 12.4 Å². The lowest BCUT2D eigenvalue weighted by atomic mass is 10.1. The zero-order valence-corrected chi connectivity index (χ0v) is 10.5. The first-order valence-electron chi connectivity index (χ1n) is 5.16. The molecule has 0 unspecified atom stereocenters. The fourth-order valence-electron chi connectivity index (χ4n) is 2.14. The molecule has 4 nitrogen and oxygen atoms in total. The van der Waals surface area contributed by atoms with E-state index in [9.17, 15) is 0 Å². The zero-order chi connectivity index (χ0) is 11.3. The normalized spacial score (nSPS) is 10.7.